The number of rotatable bonds is 7. The van der Waals surface area contributed by atoms with Gasteiger partial charge in [-0.15, -0.1) is 0 Å². The molecule has 1 heterocycles. The Morgan fingerprint density at radius 2 is 1.86 bits per heavy atom. The van der Waals surface area contributed by atoms with Crippen molar-refractivity contribution in [2.45, 2.75) is 6.92 Å². The van der Waals surface area contributed by atoms with E-state index in [1.165, 1.54) is 6.26 Å². The van der Waals surface area contributed by atoms with Gasteiger partial charge in [-0.25, -0.2) is 0 Å². The van der Waals surface area contributed by atoms with Crippen molar-refractivity contribution in [3.05, 3.63) is 83.8 Å². The molecule has 3 aromatic rings. The average Bonchev–Trinajstić information content (AvgIpc) is 3.23. The van der Waals surface area contributed by atoms with Crippen molar-refractivity contribution < 1.29 is 18.7 Å². The summed E-state index contributed by atoms with van der Waals surface area (Å²) in [5, 5.41) is 2.72. The summed E-state index contributed by atoms with van der Waals surface area (Å²) in [4.78, 5) is 26.1. The van der Waals surface area contributed by atoms with Crippen LogP contribution in [0, 0.1) is 6.92 Å². The molecule has 0 aliphatic rings. The molecule has 0 aliphatic carbocycles. The first-order chi connectivity index (χ1) is 13.5. The Bertz CT molecular complexity index is 933. The van der Waals surface area contributed by atoms with Crippen molar-refractivity contribution in [2.24, 2.45) is 0 Å². The van der Waals surface area contributed by atoms with E-state index < -0.39 is 0 Å². The van der Waals surface area contributed by atoms with Crippen molar-refractivity contribution in [3.8, 4) is 5.75 Å². The average molecular weight is 378 g/mol. The van der Waals surface area contributed by atoms with Crippen LogP contribution in [0.1, 0.15) is 26.5 Å². The lowest BCUT2D eigenvalue weighted by atomic mass is 10.2. The van der Waals surface area contributed by atoms with E-state index in [1.807, 2.05) is 31.2 Å². The molecule has 1 aromatic heterocycles. The van der Waals surface area contributed by atoms with Gasteiger partial charge in [0.25, 0.3) is 11.8 Å². The van der Waals surface area contributed by atoms with Gasteiger partial charge in [-0.3, -0.25) is 9.59 Å². The van der Waals surface area contributed by atoms with Crippen LogP contribution >= 0.6 is 0 Å². The molecule has 0 saturated heterocycles. The summed E-state index contributed by atoms with van der Waals surface area (Å²) in [6.07, 6.45) is 1.44. The van der Waals surface area contributed by atoms with Crippen molar-refractivity contribution in [3.63, 3.8) is 0 Å². The number of carbonyl (C=O) groups excluding carboxylic acids is 2. The molecule has 3 rings (SSSR count). The first-order valence-corrected chi connectivity index (χ1v) is 8.93. The molecule has 1 N–H and O–H groups in total. The Kier molecular flexibility index (Phi) is 6.11. The number of amides is 2. The van der Waals surface area contributed by atoms with Crippen LogP contribution in [0.5, 0.6) is 5.75 Å². The number of carbonyl (C=O) groups is 2. The lowest BCUT2D eigenvalue weighted by Crippen LogP contribution is -2.30. The smallest absolute Gasteiger partial charge is 0.291 e. The van der Waals surface area contributed by atoms with Gasteiger partial charge in [0, 0.05) is 18.3 Å². The molecular weight excluding hydrogens is 356 g/mol. The molecular formula is C22H22N2O4. The quantitative estimate of drug-likeness (QED) is 0.675. The van der Waals surface area contributed by atoms with Crippen LogP contribution in [0.4, 0.5) is 5.69 Å². The van der Waals surface area contributed by atoms with Crippen molar-refractivity contribution in [1.82, 2.24) is 4.90 Å². The van der Waals surface area contributed by atoms with Crippen molar-refractivity contribution >= 4 is 17.5 Å². The highest BCUT2D eigenvalue weighted by Crippen LogP contribution is 2.14. The Labute approximate surface area is 163 Å². The minimum absolute atomic E-state index is 0.114. The molecule has 0 spiro atoms. The van der Waals surface area contributed by atoms with Crippen molar-refractivity contribution in [1.29, 1.82) is 0 Å². The van der Waals surface area contributed by atoms with Crippen LogP contribution in [-0.4, -0.2) is 36.9 Å². The van der Waals surface area contributed by atoms with E-state index >= 15 is 0 Å². The van der Waals surface area contributed by atoms with Gasteiger partial charge in [-0.05, 0) is 61.0 Å². The summed E-state index contributed by atoms with van der Waals surface area (Å²) in [6, 6.07) is 17.7. The maximum atomic E-state index is 12.5. The molecule has 0 atom stereocenters. The zero-order chi connectivity index (χ0) is 19.9. The van der Waals surface area contributed by atoms with Crippen LogP contribution in [0.15, 0.2) is 71.3 Å². The predicted molar refractivity (Wildman–Crippen MR) is 107 cm³/mol. The molecule has 2 amide bonds. The maximum Gasteiger partial charge on any atom is 0.291 e. The van der Waals surface area contributed by atoms with Crippen LogP contribution in [0.25, 0.3) is 0 Å². The van der Waals surface area contributed by atoms with E-state index in [2.05, 4.69) is 5.32 Å². The number of nitrogens with zero attached hydrogens (tertiary/aromatic N) is 1. The minimum Gasteiger partial charge on any atom is -0.492 e. The number of aryl methyl sites for hydroxylation is 1. The van der Waals surface area contributed by atoms with E-state index in [0.29, 0.717) is 24.4 Å². The molecule has 0 fully saturated rings. The first-order valence-electron chi connectivity index (χ1n) is 8.93. The Balaban J connectivity index is 1.51. The Morgan fingerprint density at radius 1 is 1.07 bits per heavy atom. The second-order valence-electron chi connectivity index (χ2n) is 6.40. The molecule has 144 valence electrons. The summed E-state index contributed by atoms with van der Waals surface area (Å²) in [6.45, 7) is 2.87. The van der Waals surface area contributed by atoms with E-state index in [1.54, 1.807) is 48.3 Å². The second-order valence-corrected chi connectivity index (χ2v) is 6.40. The zero-order valence-electron chi connectivity index (χ0n) is 15.8. The highest BCUT2D eigenvalue weighted by molar-refractivity contribution is 6.02. The van der Waals surface area contributed by atoms with Gasteiger partial charge in [-0.1, -0.05) is 12.1 Å². The second kappa shape index (κ2) is 8.90. The van der Waals surface area contributed by atoms with Crippen LogP contribution < -0.4 is 10.1 Å². The van der Waals surface area contributed by atoms with E-state index in [-0.39, 0.29) is 17.6 Å². The fourth-order valence-electron chi connectivity index (χ4n) is 2.62. The predicted octanol–water partition coefficient (Wildman–Crippen LogP) is 3.99. The number of benzene rings is 2. The van der Waals surface area contributed by atoms with Gasteiger partial charge < -0.3 is 19.4 Å². The zero-order valence-corrected chi connectivity index (χ0v) is 15.8. The highest BCUT2D eigenvalue weighted by Gasteiger charge is 2.13. The van der Waals surface area contributed by atoms with E-state index in [0.717, 1.165) is 11.3 Å². The number of furan rings is 1. The van der Waals surface area contributed by atoms with Gasteiger partial charge in [-0.2, -0.15) is 0 Å². The summed E-state index contributed by atoms with van der Waals surface area (Å²) in [5.74, 6) is 0.567. The largest absolute Gasteiger partial charge is 0.492 e. The molecule has 0 bridgehead atoms. The van der Waals surface area contributed by atoms with Crippen LogP contribution in [0.2, 0.25) is 0 Å². The topological polar surface area (TPSA) is 71.8 Å². The molecule has 0 unspecified atom stereocenters. The number of hydrogen-bond acceptors (Lipinski definition) is 4. The summed E-state index contributed by atoms with van der Waals surface area (Å²) in [5.41, 5.74) is 2.25. The number of nitrogens with one attached hydrogen (secondary N) is 1. The monoisotopic (exact) mass is 378 g/mol. The third-order valence-corrected chi connectivity index (χ3v) is 4.17. The van der Waals surface area contributed by atoms with Crippen LogP contribution in [-0.2, 0) is 0 Å². The number of hydrogen-bond donors (Lipinski definition) is 1. The molecule has 6 nitrogen and oxygen atoms in total. The van der Waals surface area contributed by atoms with Crippen LogP contribution in [0.3, 0.4) is 0 Å². The first kappa shape index (κ1) is 19.2. The molecule has 0 aliphatic heterocycles. The number of likely N-dealkylation sites (N-methyl/N-ethyl adjacent to an activating group) is 1. The fraction of sp³-hybridized carbons (Fsp3) is 0.182. The summed E-state index contributed by atoms with van der Waals surface area (Å²) in [7, 11) is 1.73. The molecule has 6 heteroatoms. The van der Waals surface area contributed by atoms with Gasteiger partial charge in [0.2, 0.25) is 0 Å². The summed E-state index contributed by atoms with van der Waals surface area (Å²) < 4.78 is 10.7. The lowest BCUT2D eigenvalue weighted by Gasteiger charge is -2.18. The molecule has 28 heavy (non-hydrogen) atoms. The van der Waals surface area contributed by atoms with E-state index in [9.17, 15) is 9.59 Å². The van der Waals surface area contributed by atoms with Gasteiger partial charge >= 0.3 is 0 Å². The van der Waals surface area contributed by atoms with E-state index in [4.69, 9.17) is 9.15 Å². The highest BCUT2D eigenvalue weighted by atomic mass is 16.5. The fourth-order valence-corrected chi connectivity index (χ4v) is 2.62. The minimum atomic E-state index is -0.338. The van der Waals surface area contributed by atoms with Crippen molar-refractivity contribution in [2.75, 3.05) is 25.5 Å². The third-order valence-electron chi connectivity index (χ3n) is 4.17. The Hall–Kier alpha value is -3.54. The third kappa shape index (κ3) is 5.01. The summed E-state index contributed by atoms with van der Waals surface area (Å²) >= 11 is 0. The molecule has 2 aromatic carbocycles. The number of anilines is 1. The maximum absolute atomic E-state index is 12.5. The molecule has 0 radical (unpaired) electrons. The molecule has 0 saturated carbocycles. The Morgan fingerprint density at radius 3 is 2.54 bits per heavy atom. The normalized spacial score (nSPS) is 10.4. The SMILES string of the molecule is Cc1cccc(OCCN(C)C(=O)c2ccc(NC(=O)c3ccco3)cc2)c1. The lowest BCUT2D eigenvalue weighted by molar-refractivity contribution is 0.0773. The standard InChI is InChI=1S/C22H22N2O4/c1-16-5-3-6-19(15-16)27-14-12-24(2)22(26)17-8-10-18(11-9-17)23-21(25)20-7-4-13-28-20/h3-11,13,15H,12,14H2,1-2H3,(H,23,25). The van der Waals surface area contributed by atoms with Gasteiger partial charge in [0.1, 0.15) is 12.4 Å². The number of ether oxygens (including phenoxy) is 1. The van der Waals surface area contributed by atoms with Gasteiger partial charge in [0.05, 0.1) is 12.8 Å². The van der Waals surface area contributed by atoms with Gasteiger partial charge in [0.15, 0.2) is 5.76 Å².